The first-order valence-electron chi connectivity index (χ1n) is 10.0. The second kappa shape index (κ2) is 9.01. The van der Waals surface area contributed by atoms with Gasteiger partial charge < -0.3 is 23.7 Å². The molecule has 0 N–H and O–H groups in total. The lowest BCUT2D eigenvalue weighted by atomic mass is 10.1. The van der Waals surface area contributed by atoms with Gasteiger partial charge in [-0.3, -0.25) is 4.79 Å². The van der Waals surface area contributed by atoms with Crippen molar-refractivity contribution in [2.75, 3.05) is 26.2 Å². The monoisotopic (exact) mass is 435 g/mol. The summed E-state index contributed by atoms with van der Waals surface area (Å²) in [6, 6.07) is 11.6. The molecule has 0 fully saturated rings. The minimum absolute atomic E-state index is 0.0431. The molecule has 0 saturated heterocycles. The van der Waals surface area contributed by atoms with E-state index in [1.54, 1.807) is 50.8 Å². The number of methoxy groups -OCH3 is 3. The van der Waals surface area contributed by atoms with Gasteiger partial charge in [0.15, 0.2) is 11.5 Å². The highest BCUT2D eigenvalue weighted by Crippen LogP contribution is 2.41. The number of carbonyl (C=O) groups excluding carboxylic acids is 1. The summed E-state index contributed by atoms with van der Waals surface area (Å²) in [6.07, 6.45) is 5.24. The number of amides is 1. The Balaban J connectivity index is 1.80. The van der Waals surface area contributed by atoms with E-state index in [9.17, 15) is 4.79 Å². The predicted molar refractivity (Wildman–Crippen MR) is 120 cm³/mol. The molecule has 9 nitrogen and oxygen atoms in total. The third-order valence-corrected chi connectivity index (χ3v) is 5.34. The van der Waals surface area contributed by atoms with Gasteiger partial charge >= 0.3 is 0 Å². The molecule has 0 unspecified atom stereocenters. The molecule has 0 aliphatic carbocycles. The maximum absolute atomic E-state index is 13.4. The van der Waals surface area contributed by atoms with Crippen molar-refractivity contribution >= 4 is 22.5 Å². The second-order valence-corrected chi connectivity index (χ2v) is 7.25. The first-order valence-corrected chi connectivity index (χ1v) is 10.0. The minimum Gasteiger partial charge on any atom is -0.493 e. The third kappa shape index (κ3) is 3.96. The first-order chi connectivity index (χ1) is 15.5. The minimum atomic E-state index is -0.155. The number of benzene rings is 2. The molecule has 1 amide bonds. The number of rotatable bonds is 8. The molecule has 2 aromatic heterocycles. The normalized spacial score (nSPS) is 10.9. The Morgan fingerprint density at radius 1 is 1.06 bits per heavy atom. The average molecular weight is 435 g/mol. The Hall–Kier alpha value is -4.01. The molecule has 4 aromatic rings. The summed E-state index contributed by atoms with van der Waals surface area (Å²) in [4.78, 5) is 15.1. The van der Waals surface area contributed by atoms with Crippen LogP contribution >= 0.6 is 0 Å². The van der Waals surface area contributed by atoms with E-state index in [0.29, 0.717) is 29.5 Å². The SMILES string of the molecule is COc1cc(N(Cc2cn(C)c3ccccc23)C(=O)Cn2ccnn2)cc(OC)c1OC. The van der Waals surface area contributed by atoms with Crippen LogP contribution in [0, 0.1) is 0 Å². The summed E-state index contributed by atoms with van der Waals surface area (Å²) < 4.78 is 20.0. The number of hydrogen-bond acceptors (Lipinski definition) is 6. The van der Waals surface area contributed by atoms with E-state index < -0.39 is 0 Å². The van der Waals surface area contributed by atoms with Crippen LogP contribution in [0.15, 0.2) is 55.0 Å². The molecule has 2 aromatic carbocycles. The summed E-state index contributed by atoms with van der Waals surface area (Å²) in [5.74, 6) is 1.25. The Morgan fingerprint density at radius 3 is 2.41 bits per heavy atom. The van der Waals surface area contributed by atoms with Gasteiger partial charge in [-0.1, -0.05) is 23.4 Å². The summed E-state index contributed by atoms with van der Waals surface area (Å²) in [5, 5.41) is 8.81. The number of fused-ring (bicyclic) bond motifs is 1. The number of aryl methyl sites for hydroxylation is 1. The van der Waals surface area contributed by atoms with E-state index in [1.807, 2.05) is 25.4 Å². The standard InChI is InChI=1S/C23H25N5O4/c1-26-13-16(18-7-5-6-8-19(18)26)14-28(22(29)15-27-10-9-24-25-27)17-11-20(30-2)23(32-4)21(12-17)31-3/h5-13H,14-15H2,1-4H3. The van der Waals surface area contributed by atoms with E-state index in [-0.39, 0.29) is 12.5 Å². The molecule has 32 heavy (non-hydrogen) atoms. The summed E-state index contributed by atoms with van der Waals surface area (Å²) in [7, 11) is 6.64. The lowest BCUT2D eigenvalue weighted by molar-refractivity contribution is -0.119. The van der Waals surface area contributed by atoms with Crippen LogP contribution < -0.4 is 19.1 Å². The van der Waals surface area contributed by atoms with Gasteiger partial charge in [0.2, 0.25) is 11.7 Å². The fourth-order valence-corrected chi connectivity index (χ4v) is 3.81. The number of anilines is 1. The number of nitrogens with zero attached hydrogens (tertiary/aromatic N) is 5. The van der Waals surface area contributed by atoms with Crippen LogP contribution in [-0.2, 0) is 24.9 Å². The lowest BCUT2D eigenvalue weighted by Gasteiger charge is -2.25. The van der Waals surface area contributed by atoms with Gasteiger partial charge in [0.1, 0.15) is 6.54 Å². The Labute approximate surface area is 185 Å². The Morgan fingerprint density at radius 2 is 1.78 bits per heavy atom. The molecule has 0 spiro atoms. The topological polar surface area (TPSA) is 83.6 Å². The van der Waals surface area contributed by atoms with Gasteiger partial charge in [-0.2, -0.15) is 0 Å². The van der Waals surface area contributed by atoms with Gasteiger partial charge in [-0.05, 0) is 11.6 Å². The summed E-state index contributed by atoms with van der Waals surface area (Å²) in [5.41, 5.74) is 2.73. The molecule has 166 valence electrons. The number of aromatic nitrogens is 4. The Kier molecular flexibility index (Phi) is 5.98. The fraction of sp³-hybridized carbons (Fsp3) is 0.261. The zero-order valence-corrected chi connectivity index (χ0v) is 18.5. The number of ether oxygens (including phenoxy) is 3. The number of hydrogen-bond donors (Lipinski definition) is 0. The summed E-state index contributed by atoms with van der Waals surface area (Å²) in [6.45, 7) is 0.398. The van der Waals surface area contributed by atoms with Crippen LogP contribution in [0.25, 0.3) is 10.9 Å². The zero-order valence-electron chi connectivity index (χ0n) is 18.5. The average Bonchev–Trinajstić information content (AvgIpc) is 3.44. The van der Waals surface area contributed by atoms with Gasteiger partial charge in [0.05, 0.1) is 39.8 Å². The smallest absolute Gasteiger partial charge is 0.249 e. The van der Waals surface area contributed by atoms with E-state index in [0.717, 1.165) is 16.5 Å². The highest BCUT2D eigenvalue weighted by atomic mass is 16.5. The van der Waals surface area contributed by atoms with Crippen molar-refractivity contribution in [3.05, 3.63) is 60.6 Å². The molecule has 0 aliphatic heterocycles. The molecule has 2 heterocycles. The van der Waals surface area contributed by atoms with Crippen LogP contribution in [-0.4, -0.2) is 46.8 Å². The van der Waals surface area contributed by atoms with Crippen molar-refractivity contribution in [2.45, 2.75) is 13.1 Å². The second-order valence-electron chi connectivity index (χ2n) is 7.25. The fourth-order valence-electron chi connectivity index (χ4n) is 3.81. The molecule has 9 heteroatoms. The van der Waals surface area contributed by atoms with Crippen LogP contribution in [0.2, 0.25) is 0 Å². The third-order valence-electron chi connectivity index (χ3n) is 5.34. The van der Waals surface area contributed by atoms with Gasteiger partial charge in [0.25, 0.3) is 0 Å². The first kappa shape index (κ1) is 21.2. The molecule has 0 saturated carbocycles. The molecule has 0 aliphatic rings. The van der Waals surface area contributed by atoms with Crippen LogP contribution in [0.5, 0.6) is 17.2 Å². The molecular weight excluding hydrogens is 410 g/mol. The molecule has 4 rings (SSSR count). The predicted octanol–water partition coefficient (Wildman–Crippen LogP) is 3.03. The molecule has 0 radical (unpaired) electrons. The Bertz CT molecular complexity index is 1210. The molecular formula is C23H25N5O4. The van der Waals surface area contributed by atoms with E-state index in [2.05, 4.69) is 27.0 Å². The largest absolute Gasteiger partial charge is 0.493 e. The van der Waals surface area contributed by atoms with Gasteiger partial charge in [0, 0.05) is 42.5 Å². The van der Waals surface area contributed by atoms with Crippen molar-refractivity contribution in [1.29, 1.82) is 0 Å². The summed E-state index contributed by atoms with van der Waals surface area (Å²) >= 11 is 0. The van der Waals surface area contributed by atoms with Crippen molar-refractivity contribution in [1.82, 2.24) is 19.6 Å². The van der Waals surface area contributed by atoms with E-state index >= 15 is 0 Å². The van der Waals surface area contributed by atoms with Crippen molar-refractivity contribution in [3.8, 4) is 17.2 Å². The maximum Gasteiger partial charge on any atom is 0.249 e. The highest BCUT2D eigenvalue weighted by molar-refractivity contribution is 5.95. The van der Waals surface area contributed by atoms with Crippen LogP contribution in [0.4, 0.5) is 5.69 Å². The molecule has 0 atom stereocenters. The van der Waals surface area contributed by atoms with Crippen LogP contribution in [0.1, 0.15) is 5.56 Å². The van der Waals surface area contributed by atoms with Crippen molar-refractivity contribution < 1.29 is 19.0 Å². The van der Waals surface area contributed by atoms with Gasteiger partial charge in [-0.25, -0.2) is 4.68 Å². The lowest BCUT2D eigenvalue weighted by Crippen LogP contribution is -2.33. The number of carbonyl (C=O) groups is 1. The highest BCUT2D eigenvalue weighted by Gasteiger charge is 2.23. The zero-order chi connectivity index (χ0) is 22.7. The van der Waals surface area contributed by atoms with Crippen LogP contribution in [0.3, 0.4) is 0 Å². The van der Waals surface area contributed by atoms with E-state index in [4.69, 9.17) is 14.2 Å². The van der Waals surface area contributed by atoms with Crippen molar-refractivity contribution in [3.63, 3.8) is 0 Å². The quantitative estimate of drug-likeness (QED) is 0.423. The van der Waals surface area contributed by atoms with Gasteiger partial charge in [-0.15, -0.1) is 5.10 Å². The number of para-hydroxylation sites is 1. The van der Waals surface area contributed by atoms with Crippen molar-refractivity contribution in [2.24, 2.45) is 7.05 Å². The maximum atomic E-state index is 13.4. The molecule has 0 bridgehead atoms. The van der Waals surface area contributed by atoms with E-state index in [1.165, 1.54) is 4.68 Å².